The molecule has 5 nitrogen and oxygen atoms in total. The van der Waals surface area contributed by atoms with Crippen molar-refractivity contribution in [3.63, 3.8) is 0 Å². The van der Waals surface area contributed by atoms with Gasteiger partial charge >= 0.3 is 0 Å². The summed E-state index contributed by atoms with van der Waals surface area (Å²) in [5, 5.41) is 0. The van der Waals surface area contributed by atoms with Crippen LogP contribution in [0, 0.1) is 31.1 Å². The van der Waals surface area contributed by atoms with Crippen LogP contribution in [-0.4, -0.2) is 13.3 Å². The van der Waals surface area contributed by atoms with E-state index in [1.54, 1.807) is 0 Å². The summed E-state index contributed by atoms with van der Waals surface area (Å²) in [7, 11) is 0. The van der Waals surface area contributed by atoms with Gasteiger partial charge in [0.2, 0.25) is 0 Å². The fraction of sp³-hybridized carbons (Fsp3) is 0. The van der Waals surface area contributed by atoms with Crippen molar-refractivity contribution in [3.05, 3.63) is 0 Å². The summed E-state index contributed by atoms with van der Waals surface area (Å²) in [6.45, 7) is 0. The predicted molar refractivity (Wildman–Crippen MR) is 21.7 cm³/mol. The summed E-state index contributed by atoms with van der Waals surface area (Å²) in [6.07, 6.45) is 0. The Balaban J connectivity index is -0.0000000150. The second-order valence-corrected chi connectivity index (χ2v) is 0.612. The molecular weight excluding hydrogens is 346 g/mol. The van der Waals surface area contributed by atoms with Crippen LogP contribution in [-0.2, 0) is 11.4 Å². The maximum Gasteiger partial charge on any atom is 0 e. The van der Waals surface area contributed by atoms with Gasteiger partial charge in [-0.1, -0.05) is 0 Å². The predicted octanol–water partition coefficient (Wildman–Crippen LogP) is -0.252. The maximum absolute atomic E-state index is 8.44. The molecule has 0 aliphatic carbocycles. The van der Waals surface area contributed by atoms with Crippen molar-refractivity contribution in [2.45, 2.75) is 0 Å². The van der Waals surface area contributed by atoms with Crippen molar-refractivity contribution in [3.8, 4) is 0 Å². The molecule has 0 heterocycles. The van der Waals surface area contributed by atoms with Crippen LogP contribution < -0.4 is 12.3 Å². The first-order valence-electron chi connectivity index (χ1n) is 0.500. The molecular formula is H8N2O3SU. The first-order chi connectivity index (χ1) is 1.73. The van der Waals surface area contributed by atoms with E-state index in [9.17, 15) is 0 Å². The molecule has 0 aromatic carbocycles. The second kappa shape index (κ2) is 15.7. The van der Waals surface area contributed by atoms with Crippen LogP contribution in [0.3, 0.4) is 0 Å². The van der Waals surface area contributed by atoms with Gasteiger partial charge in [0.05, 0.1) is 0 Å². The van der Waals surface area contributed by atoms with Crippen molar-refractivity contribution in [1.29, 1.82) is 0 Å². The summed E-state index contributed by atoms with van der Waals surface area (Å²) in [4.78, 5) is 0. The van der Waals surface area contributed by atoms with Crippen molar-refractivity contribution in [1.82, 2.24) is 12.3 Å². The molecule has 0 unspecified atom stereocenters. The molecule has 0 aliphatic rings. The molecule has 7 heavy (non-hydrogen) atoms. The van der Waals surface area contributed by atoms with Crippen LogP contribution in [0.15, 0.2) is 0 Å². The van der Waals surface area contributed by atoms with Gasteiger partial charge in [-0.3, -0.25) is 4.21 Å². The summed E-state index contributed by atoms with van der Waals surface area (Å²) in [6, 6.07) is 0. The van der Waals surface area contributed by atoms with Crippen LogP contribution in [0.5, 0.6) is 0 Å². The smallest absolute Gasteiger partial charge is 0 e. The summed E-state index contributed by atoms with van der Waals surface area (Å²) < 4.78 is 25.3. The summed E-state index contributed by atoms with van der Waals surface area (Å²) in [5.41, 5.74) is 0. The summed E-state index contributed by atoms with van der Waals surface area (Å²) >= 11 is -3.11. The first-order valence-corrected chi connectivity index (χ1v) is 1.50. The minimum absolute atomic E-state index is 0. The average Bonchev–Trinajstić information content (AvgIpc) is 0.811. The van der Waals surface area contributed by atoms with Gasteiger partial charge in [0, 0.05) is 31.1 Å². The van der Waals surface area contributed by atoms with Gasteiger partial charge in [-0.05, 0) is 0 Å². The molecule has 8 N–H and O–H groups in total. The largest absolute Gasteiger partial charge is 0.784 e. The topological polar surface area (TPSA) is 136 Å². The van der Waals surface area contributed by atoms with Crippen LogP contribution in [0.4, 0.5) is 0 Å². The Morgan fingerprint density at radius 2 is 1.14 bits per heavy atom. The zero-order valence-electron chi connectivity index (χ0n) is 4.13. The molecule has 0 rings (SSSR count). The minimum Gasteiger partial charge on any atom is -0.784 e. The van der Waals surface area contributed by atoms with Crippen LogP contribution in [0.25, 0.3) is 0 Å². The van der Waals surface area contributed by atoms with Gasteiger partial charge in [0.1, 0.15) is 0 Å². The van der Waals surface area contributed by atoms with E-state index in [1.807, 2.05) is 0 Å². The molecule has 0 spiro atoms. The second-order valence-electron chi connectivity index (χ2n) is 0.204. The Morgan fingerprint density at radius 3 is 1.14 bits per heavy atom. The van der Waals surface area contributed by atoms with Gasteiger partial charge < -0.3 is 21.4 Å². The third kappa shape index (κ3) is 165. The van der Waals surface area contributed by atoms with Gasteiger partial charge in [0.25, 0.3) is 0 Å². The van der Waals surface area contributed by atoms with Crippen LogP contribution >= 0.6 is 0 Å². The third-order valence-corrected chi connectivity index (χ3v) is 0. The van der Waals surface area contributed by atoms with E-state index >= 15 is 0 Å². The molecule has 0 fully saturated rings. The molecule has 0 bridgehead atoms. The van der Waals surface area contributed by atoms with E-state index in [0.717, 1.165) is 0 Å². The number of rotatable bonds is 0. The number of hydrogen-bond donors (Lipinski definition) is 2. The average molecular weight is 354 g/mol. The Hall–Kier alpha value is 1.04. The molecule has 0 aromatic heterocycles. The maximum atomic E-state index is 8.44. The number of quaternary nitrogens is 2. The van der Waals surface area contributed by atoms with E-state index in [-0.39, 0.29) is 43.4 Å². The molecule has 0 saturated heterocycles. The monoisotopic (exact) mass is 354 g/mol. The quantitative estimate of drug-likeness (QED) is 0.580. The first kappa shape index (κ1) is 24.4. The Bertz CT molecular complexity index is 35.9. The van der Waals surface area contributed by atoms with Gasteiger partial charge in [0.15, 0.2) is 0 Å². The fourth-order valence-electron chi connectivity index (χ4n) is 0. The van der Waals surface area contributed by atoms with E-state index in [1.165, 1.54) is 0 Å². The fourth-order valence-corrected chi connectivity index (χ4v) is 0. The molecule has 0 saturated carbocycles. The van der Waals surface area contributed by atoms with Gasteiger partial charge in [-0.25, -0.2) is 0 Å². The third-order valence-electron chi connectivity index (χ3n) is 0. The summed E-state index contributed by atoms with van der Waals surface area (Å²) in [5.74, 6) is 0. The van der Waals surface area contributed by atoms with Gasteiger partial charge in [-0.2, -0.15) is 0 Å². The molecule has 0 aromatic rings. The standard InChI is InChI=1S/2H3N.H2O3S.U/c;;1-4(2)3;/h2*1H3;(H2,1,2,3);. The van der Waals surface area contributed by atoms with Crippen LogP contribution in [0.1, 0.15) is 0 Å². The normalized spacial score (nSPS) is 5.00. The van der Waals surface area contributed by atoms with E-state index in [4.69, 9.17) is 13.3 Å². The molecule has 7 heteroatoms. The minimum atomic E-state index is -3.11. The Labute approximate surface area is 67.9 Å². The van der Waals surface area contributed by atoms with Crippen molar-refractivity contribution in [2.24, 2.45) is 0 Å². The Morgan fingerprint density at radius 1 is 1.14 bits per heavy atom. The zero-order valence-corrected chi connectivity index (χ0v) is 9.11. The Kier molecular flexibility index (Phi) is 54.9. The van der Waals surface area contributed by atoms with E-state index < -0.39 is 11.4 Å². The zero-order chi connectivity index (χ0) is 3.58. The molecule has 0 radical (unpaired) electrons. The molecule has 0 amide bonds. The molecule has 0 atom stereocenters. The molecule has 0 aliphatic heterocycles. The SMILES string of the molecule is O=S([O-])[O-].[NH4+].[NH4+].[U]. The van der Waals surface area contributed by atoms with E-state index in [2.05, 4.69) is 0 Å². The van der Waals surface area contributed by atoms with Crippen molar-refractivity contribution in [2.75, 3.05) is 0 Å². The van der Waals surface area contributed by atoms with E-state index in [0.29, 0.717) is 0 Å². The van der Waals surface area contributed by atoms with Crippen molar-refractivity contribution < 1.29 is 44.4 Å². The van der Waals surface area contributed by atoms with Crippen molar-refractivity contribution >= 4 is 11.4 Å². The number of hydrogen-bond acceptors (Lipinski definition) is 3. The van der Waals surface area contributed by atoms with Crippen LogP contribution in [0.2, 0.25) is 0 Å². The van der Waals surface area contributed by atoms with Gasteiger partial charge in [-0.15, -0.1) is 11.4 Å². The molecule has 46 valence electrons.